The molecular weight excluding hydrogens is 581 g/mol. The molecule has 5 unspecified atom stereocenters. The van der Waals surface area contributed by atoms with E-state index in [1.54, 1.807) is 18.2 Å². The Balaban J connectivity index is 1.37. The zero-order valence-corrected chi connectivity index (χ0v) is 27.2. The number of hydrogen-bond acceptors (Lipinski definition) is 5. The lowest BCUT2D eigenvalue weighted by molar-refractivity contribution is -0.263. The second kappa shape index (κ2) is 12.5. The molecule has 1 aromatic heterocycles. The van der Waals surface area contributed by atoms with Crippen LogP contribution < -0.4 is 10.4 Å². The van der Waals surface area contributed by atoms with Crippen LogP contribution >= 0.6 is 0 Å². The number of carbonyl (C=O) groups is 1. The number of esters is 1. The molecule has 2 aliphatic rings. The Morgan fingerprint density at radius 3 is 2.33 bits per heavy atom. The fraction of sp³-hybridized carbons (Fsp3) is 0.568. The molecule has 2 aliphatic carbocycles. The first-order valence-electron chi connectivity index (χ1n) is 16.4. The van der Waals surface area contributed by atoms with Crippen molar-refractivity contribution in [2.75, 3.05) is 0 Å². The number of halogens is 3. The molecule has 45 heavy (non-hydrogen) atoms. The standard InChI is InChI=1S/C37H45F3O5/c1-7-10-11-12-22-13-16-26(23(8-2)19-22)27-20-24-14-15-25(21-29(24)44-33(27)41)43-30-17-18-31(36(30,6)37(38,39)40)45-34(42)32-28(9-3)35(32,4)5/h13-16,19-21,28,30-32H,7-12,17-18H2,1-6H3. The fourth-order valence-electron chi connectivity index (χ4n) is 7.48. The minimum absolute atomic E-state index is 0.0412. The number of hydrogen-bond donors (Lipinski definition) is 0. The van der Waals surface area contributed by atoms with E-state index >= 15 is 0 Å². The summed E-state index contributed by atoms with van der Waals surface area (Å²) in [5, 5.41) is 0.639. The van der Waals surface area contributed by atoms with Crippen LogP contribution in [0, 0.1) is 22.7 Å². The van der Waals surface area contributed by atoms with Crippen molar-refractivity contribution in [2.45, 2.75) is 111 Å². The van der Waals surface area contributed by atoms with Crippen LogP contribution in [0.5, 0.6) is 5.75 Å². The topological polar surface area (TPSA) is 65.7 Å². The van der Waals surface area contributed by atoms with E-state index in [2.05, 4.69) is 26.0 Å². The summed E-state index contributed by atoms with van der Waals surface area (Å²) in [7, 11) is 0. The zero-order chi connectivity index (χ0) is 32.7. The molecule has 0 bridgehead atoms. The maximum atomic E-state index is 14.7. The predicted molar refractivity (Wildman–Crippen MR) is 169 cm³/mol. The molecule has 0 N–H and O–H groups in total. The van der Waals surface area contributed by atoms with Gasteiger partial charge in [0.25, 0.3) is 0 Å². The Labute approximate surface area is 263 Å². The summed E-state index contributed by atoms with van der Waals surface area (Å²) < 4.78 is 61.2. The van der Waals surface area contributed by atoms with Crippen molar-refractivity contribution in [3.05, 3.63) is 64.0 Å². The Morgan fingerprint density at radius 2 is 1.69 bits per heavy atom. The Bertz CT molecular complexity index is 1610. The summed E-state index contributed by atoms with van der Waals surface area (Å²) in [5.41, 5.74) is 0.604. The Morgan fingerprint density at radius 1 is 0.956 bits per heavy atom. The van der Waals surface area contributed by atoms with E-state index in [4.69, 9.17) is 13.9 Å². The van der Waals surface area contributed by atoms with Crippen molar-refractivity contribution < 1.29 is 31.9 Å². The van der Waals surface area contributed by atoms with Crippen LogP contribution in [0.15, 0.2) is 51.7 Å². The van der Waals surface area contributed by atoms with Crippen LogP contribution in [0.2, 0.25) is 0 Å². The molecule has 5 rings (SSSR count). The van der Waals surface area contributed by atoms with Gasteiger partial charge in [0, 0.05) is 11.5 Å². The largest absolute Gasteiger partial charge is 0.489 e. The van der Waals surface area contributed by atoms with Crippen LogP contribution in [0.1, 0.15) is 91.2 Å². The highest BCUT2D eigenvalue weighted by Crippen LogP contribution is 2.61. The van der Waals surface area contributed by atoms with Crippen molar-refractivity contribution in [1.29, 1.82) is 0 Å². The predicted octanol–water partition coefficient (Wildman–Crippen LogP) is 9.46. The summed E-state index contributed by atoms with van der Waals surface area (Å²) in [6, 6.07) is 12.7. The minimum Gasteiger partial charge on any atom is -0.489 e. The average molecular weight is 627 g/mol. The van der Waals surface area contributed by atoms with Gasteiger partial charge in [0.15, 0.2) is 0 Å². The minimum atomic E-state index is -4.68. The van der Waals surface area contributed by atoms with E-state index in [0.717, 1.165) is 50.2 Å². The maximum absolute atomic E-state index is 14.7. The van der Waals surface area contributed by atoms with Crippen LogP contribution in [0.4, 0.5) is 13.2 Å². The summed E-state index contributed by atoms with van der Waals surface area (Å²) in [6.45, 7) is 11.2. The zero-order valence-electron chi connectivity index (χ0n) is 27.2. The van der Waals surface area contributed by atoms with Crippen molar-refractivity contribution in [1.82, 2.24) is 0 Å². The van der Waals surface area contributed by atoms with Gasteiger partial charge in [-0.15, -0.1) is 0 Å². The molecule has 5 atom stereocenters. The van der Waals surface area contributed by atoms with Crippen molar-refractivity contribution in [2.24, 2.45) is 22.7 Å². The van der Waals surface area contributed by atoms with Crippen molar-refractivity contribution >= 4 is 16.9 Å². The van der Waals surface area contributed by atoms with E-state index in [1.165, 1.54) is 18.1 Å². The molecule has 1 heterocycles. The average Bonchev–Trinajstić information content (AvgIpc) is 3.43. The lowest BCUT2D eigenvalue weighted by atomic mass is 9.83. The lowest BCUT2D eigenvalue weighted by Crippen LogP contribution is -2.52. The van der Waals surface area contributed by atoms with E-state index in [9.17, 15) is 22.8 Å². The molecule has 0 aliphatic heterocycles. The second-order valence-corrected chi connectivity index (χ2v) is 13.7. The molecule has 2 saturated carbocycles. The van der Waals surface area contributed by atoms with Crippen LogP contribution in [-0.2, 0) is 22.4 Å². The maximum Gasteiger partial charge on any atom is 0.401 e. The summed E-state index contributed by atoms with van der Waals surface area (Å²) in [5.74, 6) is -0.697. The highest BCUT2D eigenvalue weighted by atomic mass is 19.4. The highest BCUT2D eigenvalue weighted by Gasteiger charge is 2.68. The van der Waals surface area contributed by atoms with E-state index in [-0.39, 0.29) is 35.5 Å². The molecule has 0 amide bonds. The number of ether oxygens (including phenoxy) is 2. The van der Waals surface area contributed by atoms with Crippen LogP contribution in [-0.4, -0.2) is 24.4 Å². The first-order valence-corrected chi connectivity index (χ1v) is 16.4. The number of carbonyl (C=O) groups excluding carboxylic acids is 1. The first-order chi connectivity index (χ1) is 21.3. The molecule has 5 nitrogen and oxygen atoms in total. The van der Waals surface area contributed by atoms with Gasteiger partial charge in [0.2, 0.25) is 0 Å². The quantitative estimate of drug-likeness (QED) is 0.121. The van der Waals surface area contributed by atoms with Gasteiger partial charge in [0.05, 0.1) is 11.5 Å². The molecule has 2 aromatic carbocycles. The number of rotatable bonds is 11. The number of alkyl halides is 3. The number of benzene rings is 2. The monoisotopic (exact) mass is 626 g/mol. The number of unbranched alkanes of at least 4 members (excludes halogenated alkanes) is 2. The molecule has 2 fully saturated rings. The molecule has 0 saturated heterocycles. The van der Waals surface area contributed by atoms with E-state index < -0.39 is 41.3 Å². The summed E-state index contributed by atoms with van der Waals surface area (Å²) in [6.07, 6.45) is -1.24. The van der Waals surface area contributed by atoms with E-state index in [1.807, 2.05) is 26.8 Å². The van der Waals surface area contributed by atoms with Gasteiger partial charge >= 0.3 is 17.8 Å². The van der Waals surface area contributed by atoms with Gasteiger partial charge in [-0.3, -0.25) is 4.79 Å². The van der Waals surface area contributed by atoms with Gasteiger partial charge in [-0.25, -0.2) is 4.79 Å². The molecule has 244 valence electrons. The second-order valence-electron chi connectivity index (χ2n) is 13.7. The number of fused-ring (bicyclic) bond motifs is 1. The molecule has 0 radical (unpaired) electrons. The fourth-order valence-corrected chi connectivity index (χ4v) is 7.48. The Hall–Kier alpha value is -3.29. The van der Waals surface area contributed by atoms with Crippen LogP contribution in [0.25, 0.3) is 22.1 Å². The van der Waals surface area contributed by atoms with Crippen LogP contribution in [0.3, 0.4) is 0 Å². The van der Waals surface area contributed by atoms with Crippen molar-refractivity contribution in [3.8, 4) is 16.9 Å². The molecular formula is C37H45F3O5. The Kier molecular flexibility index (Phi) is 9.18. The smallest absolute Gasteiger partial charge is 0.401 e. The van der Waals surface area contributed by atoms with Gasteiger partial charge in [-0.05, 0) is 85.3 Å². The molecule has 8 heteroatoms. The molecule has 0 spiro atoms. The van der Waals surface area contributed by atoms with Gasteiger partial charge in [-0.1, -0.05) is 72.1 Å². The van der Waals surface area contributed by atoms with Gasteiger partial charge in [0.1, 0.15) is 29.0 Å². The summed E-state index contributed by atoms with van der Waals surface area (Å²) in [4.78, 5) is 26.2. The SMILES string of the molecule is CCCCCc1ccc(-c2cc3ccc(OC4CCC(OC(=O)C5C(CC)C5(C)C)C4(C)C(F)(F)F)cc3oc2=O)c(CC)c1. The third-order valence-corrected chi connectivity index (χ3v) is 10.5. The third-order valence-electron chi connectivity index (χ3n) is 10.5. The first kappa shape index (κ1) is 33.1. The number of aryl methyl sites for hydroxylation is 2. The third kappa shape index (κ3) is 6.14. The lowest BCUT2D eigenvalue weighted by Gasteiger charge is -2.37. The van der Waals surface area contributed by atoms with Gasteiger partial charge in [-0.2, -0.15) is 13.2 Å². The van der Waals surface area contributed by atoms with Gasteiger partial charge < -0.3 is 13.9 Å². The van der Waals surface area contributed by atoms with Crippen molar-refractivity contribution in [3.63, 3.8) is 0 Å². The summed E-state index contributed by atoms with van der Waals surface area (Å²) >= 11 is 0. The normalized spacial score (nSPS) is 25.8. The highest BCUT2D eigenvalue weighted by molar-refractivity contribution is 5.83. The molecule has 3 aromatic rings. The van der Waals surface area contributed by atoms with E-state index in [0.29, 0.717) is 10.9 Å².